The summed E-state index contributed by atoms with van der Waals surface area (Å²) in [6.45, 7) is 5.93. The number of benzene rings is 1. The van der Waals surface area contributed by atoms with Crippen molar-refractivity contribution in [3.05, 3.63) is 39.9 Å². The van der Waals surface area contributed by atoms with E-state index in [2.05, 4.69) is 0 Å². The minimum atomic E-state index is -0.501. The highest BCUT2D eigenvalue weighted by Gasteiger charge is 2.18. The van der Waals surface area contributed by atoms with E-state index < -0.39 is 6.10 Å². The standard InChI is InChI=1S/C13H16Cl2O/c1-13(2,3)12(16)7-5-9-4-6-10(14)8-11(9)15/h4-8,12,16H,1-3H3/b7-5+. The third-order valence-corrected chi connectivity index (χ3v) is 2.87. The van der Waals surface area contributed by atoms with Crippen LogP contribution in [-0.2, 0) is 0 Å². The third-order valence-electron chi connectivity index (χ3n) is 2.31. The molecular formula is C13H16Cl2O. The van der Waals surface area contributed by atoms with Gasteiger partial charge in [0, 0.05) is 10.0 Å². The van der Waals surface area contributed by atoms with Crippen LogP contribution in [0.25, 0.3) is 6.08 Å². The van der Waals surface area contributed by atoms with Crippen LogP contribution in [0.5, 0.6) is 0 Å². The van der Waals surface area contributed by atoms with Gasteiger partial charge in [-0.15, -0.1) is 0 Å². The molecule has 0 aliphatic carbocycles. The smallest absolute Gasteiger partial charge is 0.0772 e. The highest BCUT2D eigenvalue weighted by Crippen LogP contribution is 2.24. The van der Waals surface area contributed by atoms with Gasteiger partial charge in [-0.1, -0.05) is 62.2 Å². The number of hydrogen-bond donors (Lipinski definition) is 1. The molecule has 0 aliphatic heterocycles. The van der Waals surface area contributed by atoms with Gasteiger partial charge in [0.2, 0.25) is 0 Å². The Labute approximate surface area is 107 Å². The van der Waals surface area contributed by atoms with Crippen molar-refractivity contribution in [1.29, 1.82) is 0 Å². The molecule has 1 aromatic carbocycles. The Morgan fingerprint density at radius 2 is 1.88 bits per heavy atom. The molecule has 0 heterocycles. The highest BCUT2D eigenvalue weighted by atomic mass is 35.5. The van der Waals surface area contributed by atoms with E-state index in [0.29, 0.717) is 10.0 Å². The van der Waals surface area contributed by atoms with Crippen LogP contribution in [-0.4, -0.2) is 11.2 Å². The van der Waals surface area contributed by atoms with Crippen molar-refractivity contribution in [2.24, 2.45) is 5.41 Å². The Balaban J connectivity index is 2.85. The van der Waals surface area contributed by atoms with Crippen molar-refractivity contribution < 1.29 is 5.11 Å². The molecule has 16 heavy (non-hydrogen) atoms. The normalized spacial score (nSPS) is 14.4. The fourth-order valence-electron chi connectivity index (χ4n) is 1.12. The van der Waals surface area contributed by atoms with Gasteiger partial charge in [0.05, 0.1) is 6.10 Å². The van der Waals surface area contributed by atoms with Crippen LogP contribution in [0.15, 0.2) is 24.3 Å². The summed E-state index contributed by atoms with van der Waals surface area (Å²) in [7, 11) is 0. The van der Waals surface area contributed by atoms with Gasteiger partial charge in [0.25, 0.3) is 0 Å². The van der Waals surface area contributed by atoms with E-state index in [4.69, 9.17) is 23.2 Å². The van der Waals surface area contributed by atoms with Crippen molar-refractivity contribution in [3.63, 3.8) is 0 Å². The monoisotopic (exact) mass is 258 g/mol. The summed E-state index contributed by atoms with van der Waals surface area (Å²) < 4.78 is 0. The van der Waals surface area contributed by atoms with E-state index in [1.54, 1.807) is 18.2 Å². The lowest BCUT2D eigenvalue weighted by Gasteiger charge is -2.22. The molecule has 1 unspecified atom stereocenters. The third kappa shape index (κ3) is 3.82. The molecule has 0 aromatic heterocycles. The summed E-state index contributed by atoms with van der Waals surface area (Å²) in [5, 5.41) is 11.0. The summed E-state index contributed by atoms with van der Waals surface area (Å²) in [6.07, 6.45) is 3.06. The maximum atomic E-state index is 9.84. The molecule has 1 rings (SSSR count). The van der Waals surface area contributed by atoms with E-state index in [0.717, 1.165) is 5.56 Å². The second kappa shape index (κ2) is 5.22. The fourth-order valence-corrected chi connectivity index (χ4v) is 1.59. The van der Waals surface area contributed by atoms with Gasteiger partial charge in [-0.05, 0) is 23.1 Å². The lowest BCUT2D eigenvalue weighted by atomic mass is 9.89. The molecule has 0 bridgehead atoms. The van der Waals surface area contributed by atoms with Gasteiger partial charge >= 0.3 is 0 Å². The Kier molecular flexibility index (Phi) is 4.43. The molecule has 0 saturated heterocycles. The van der Waals surface area contributed by atoms with Crippen LogP contribution in [0.2, 0.25) is 10.0 Å². The van der Waals surface area contributed by atoms with Crippen molar-refractivity contribution in [1.82, 2.24) is 0 Å². The summed E-state index contributed by atoms with van der Waals surface area (Å²) in [4.78, 5) is 0. The molecule has 1 atom stereocenters. The first-order valence-electron chi connectivity index (χ1n) is 5.12. The van der Waals surface area contributed by atoms with Gasteiger partial charge in [-0.2, -0.15) is 0 Å². The first-order chi connectivity index (χ1) is 7.30. The minimum Gasteiger partial charge on any atom is -0.388 e. The number of hydrogen-bond acceptors (Lipinski definition) is 1. The van der Waals surface area contributed by atoms with Gasteiger partial charge in [0.1, 0.15) is 0 Å². The summed E-state index contributed by atoms with van der Waals surface area (Å²) in [5.41, 5.74) is 0.685. The second-order valence-corrected chi connectivity index (χ2v) is 5.68. The molecule has 0 aliphatic rings. The molecule has 88 valence electrons. The number of halogens is 2. The van der Waals surface area contributed by atoms with Gasteiger partial charge in [-0.3, -0.25) is 0 Å². The molecule has 0 radical (unpaired) electrons. The Morgan fingerprint density at radius 1 is 1.25 bits per heavy atom. The van der Waals surface area contributed by atoms with Gasteiger partial charge < -0.3 is 5.11 Å². The molecule has 0 spiro atoms. The maximum Gasteiger partial charge on any atom is 0.0772 e. The Morgan fingerprint density at radius 3 is 2.38 bits per heavy atom. The van der Waals surface area contributed by atoms with E-state index in [1.807, 2.05) is 32.9 Å². The SMILES string of the molecule is CC(C)(C)C(O)/C=C/c1ccc(Cl)cc1Cl. The predicted octanol–water partition coefficient (Wildman–Crippen LogP) is 4.41. The zero-order valence-electron chi connectivity index (χ0n) is 9.67. The highest BCUT2D eigenvalue weighted by molar-refractivity contribution is 6.35. The van der Waals surface area contributed by atoms with Gasteiger partial charge in [-0.25, -0.2) is 0 Å². The number of aliphatic hydroxyl groups is 1. The molecular weight excluding hydrogens is 243 g/mol. The van der Waals surface area contributed by atoms with Crippen LogP contribution < -0.4 is 0 Å². The largest absolute Gasteiger partial charge is 0.388 e. The van der Waals surface area contributed by atoms with Crippen molar-refractivity contribution >= 4 is 29.3 Å². The molecule has 0 amide bonds. The van der Waals surface area contributed by atoms with Gasteiger partial charge in [0.15, 0.2) is 0 Å². The lowest BCUT2D eigenvalue weighted by molar-refractivity contribution is 0.106. The molecule has 0 saturated carbocycles. The maximum absolute atomic E-state index is 9.84. The van der Waals surface area contributed by atoms with E-state index in [9.17, 15) is 5.11 Å². The first kappa shape index (κ1) is 13.6. The second-order valence-electron chi connectivity index (χ2n) is 4.84. The molecule has 1 nitrogen and oxygen atoms in total. The van der Waals surface area contributed by atoms with E-state index in [1.165, 1.54) is 0 Å². The molecule has 0 fully saturated rings. The van der Waals surface area contributed by atoms with Crippen molar-refractivity contribution in [2.75, 3.05) is 0 Å². The zero-order valence-corrected chi connectivity index (χ0v) is 11.2. The summed E-state index contributed by atoms with van der Waals surface area (Å²) in [5.74, 6) is 0. The number of aliphatic hydroxyl groups excluding tert-OH is 1. The van der Waals surface area contributed by atoms with Crippen LogP contribution in [0.4, 0.5) is 0 Å². The van der Waals surface area contributed by atoms with Crippen molar-refractivity contribution in [2.45, 2.75) is 26.9 Å². The Bertz CT molecular complexity index is 391. The first-order valence-corrected chi connectivity index (χ1v) is 5.87. The zero-order chi connectivity index (χ0) is 12.3. The average Bonchev–Trinajstić information content (AvgIpc) is 2.14. The number of rotatable bonds is 2. The topological polar surface area (TPSA) is 20.2 Å². The van der Waals surface area contributed by atoms with Crippen LogP contribution in [0.1, 0.15) is 26.3 Å². The minimum absolute atomic E-state index is 0.171. The molecule has 1 aromatic rings. The van der Waals surface area contributed by atoms with Crippen LogP contribution in [0.3, 0.4) is 0 Å². The summed E-state index contributed by atoms with van der Waals surface area (Å²) >= 11 is 11.8. The predicted molar refractivity (Wildman–Crippen MR) is 71.0 cm³/mol. The van der Waals surface area contributed by atoms with Crippen LogP contribution >= 0.6 is 23.2 Å². The molecule has 3 heteroatoms. The fraction of sp³-hybridized carbons (Fsp3) is 0.385. The quantitative estimate of drug-likeness (QED) is 0.833. The molecule has 1 N–H and O–H groups in total. The van der Waals surface area contributed by atoms with E-state index >= 15 is 0 Å². The summed E-state index contributed by atoms with van der Waals surface area (Å²) in [6, 6.07) is 5.29. The van der Waals surface area contributed by atoms with Crippen LogP contribution in [0, 0.1) is 5.41 Å². The average molecular weight is 259 g/mol. The van der Waals surface area contributed by atoms with Crippen molar-refractivity contribution in [3.8, 4) is 0 Å². The lowest BCUT2D eigenvalue weighted by Crippen LogP contribution is -2.23. The Hall–Kier alpha value is -0.500. The van der Waals surface area contributed by atoms with E-state index in [-0.39, 0.29) is 5.41 Å².